The van der Waals surface area contributed by atoms with Gasteiger partial charge in [-0.15, -0.1) is 0 Å². The first-order valence-corrected chi connectivity index (χ1v) is 7.95. The second-order valence-corrected chi connectivity index (χ2v) is 6.82. The Balaban J connectivity index is 2.10. The van der Waals surface area contributed by atoms with Crippen LogP contribution in [0.5, 0.6) is 0 Å². The van der Waals surface area contributed by atoms with Crippen molar-refractivity contribution in [3.05, 3.63) is 33.3 Å². The molecule has 0 spiro atoms. The molecule has 5 nitrogen and oxygen atoms in total. The Morgan fingerprint density at radius 1 is 1.37 bits per heavy atom. The third-order valence-corrected chi connectivity index (χ3v) is 6.00. The van der Waals surface area contributed by atoms with Crippen molar-refractivity contribution in [2.75, 3.05) is 31.2 Å². The minimum absolute atomic E-state index is 0.0556. The van der Waals surface area contributed by atoms with Crippen LogP contribution in [0.3, 0.4) is 0 Å². The number of hydrogen-bond donors (Lipinski definition) is 0. The molecule has 3 rings (SSSR count). The molecular weight excluding hydrogens is 335 g/mol. The summed E-state index contributed by atoms with van der Waals surface area (Å²) < 4.78 is 7.26. The van der Waals surface area contributed by atoms with Gasteiger partial charge in [-0.2, -0.15) is 0 Å². The van der Waals surface area contributed by atoms with Gasteiger partial charge < -0.3 is 0 Å². The number of morpholine rings is 1. The van der Waals surface area contributed by atoms with Crippen molar-refractivity contribution >= 4 is 46.0 Å². The van der Waals surface area contributed by atoms with Gasteiger partial charge in [-0.1, -0.05) is 0 Å². The molecule has 0 atom stereocenters. The van der Waals surface area contributed by atoms with E-state index in [9.17, 15) is 10.1 Å². The maximum absolute atomic E-state index is 11.1. The minimum atomic E-state index is -0.326. The zero-order valence-corrected chi connectivity index (χ0v) is 12.4. The van der Waals surface area contributed by atoms with Gasteiger partial charge in [-0.25, -0.2) is 0 Å². The molecule has 0 amide bonds. The summed E-state index contributed by atoms with van der Waals surface area (Å²) in [5.41, 5.74) is 0.180. The summed E-state index contributed by atoms with van der Waals surface area (Å²) >= 11 is 6.09. The van der Waals surface area contributed by atoms with Gasteiger partial charge in [0, 0.05) is 0 Å². The van der Waals surface area contributed by atoms with Crippen LogP contribution in [0.15, 0.2) is 18.2 Å². The number of fused-ring (bicyclic) bond motifs is 1. The number of benzene rings is 1. The second-order valence-electron chi connectivity index (χ2n) is 4.25. The maximum atomic E-state index is 11.1. The first-order chi connectivity index (χ1) is 9.16. The van der Waals surface area contributed by atoms with E-state index in [1.165, 1.54) is 6.07 Å². The van der Waals surface area contributed by atoms with Crippen LogP contribution >= 0.6 is 11.6 Å². The molecule has 1 saturated heterocycles. The molecule has 0 bridgehead atoms. The topological polar surface area (TPSA) is 55.6 Å². The van der Waals surface area contributed by atoms with Gasteiger partial charge in [-0.05, 0) is 0 Å². The van der Waals surface area contributed by atoms with E-state index in [2.05, 4.69) is 4.90 Å². The summed E-state index contributed by atoms with van der Waals surface area (Å²) in [5.74, 6) is 0. The van der Waals surface area contributed by atoms with Crippen molar-refractivity contribution in [3.8, 4) is 0 Å². The molecule has 0 radical (unpaired) electrons. The normalized spacial score (nSPS) is 15.9. The molecule has 0 N–H and O–H groups in total. The number of nitro groups is 1. The molecule has 100 valence electrons. The van der Waals surface area contributed by atoms with Crippen LogP contribution in [0.25, 0.3) is 9.65 Å². The number of hydrogen-bond acceptors (Lipinski definition) is 4. The van der Waals surface area contributed by atoms with Crippen LogP contribution in [0, 0.1) is 10.1 Å². The predicted octanol–water partition coefficient (Wildman–Crippen LogP) is 2.29. The number of anilines is 1. The summed E-state index contributed by atoms with van der Waals surface area (Å²) in [4.78, 5) is 13.0. The molecule has 1 aliphatic heterocycles. The van der Waals surface area contributed by atoms with Crippen molar-refractivity contribution in [1.82, 2.24) is 0 Å². The number of nitrogens with zero attached hydrogens (tertiary/aromatic N) is 2. The van der Waals surface area contributed by atoms with E-state index in [0.29, 0.717) is 18.2 Å². The summed E-state index contributed by atoms with van der Waals surface area (Å²) in [6.07, 6.45) is 0. The Morgan fingerprint density at radius 3 is 2.79 bits per heavy atom. The first kappa shape index (κ1) is 12.9. The van der Waals surface area contributed by atoms with E-state index in [1.807, 2.05) is 6.07 Å². The van der Waals surface area contributed by atoms with E-state index in [4.69, 9.17) is 16.3 Å². The van der Waals surface area contributed by atoms with Gasteiger partial charge in [0.05, 0.1) is 0 Å². The summed E-state index contributed by atoms with van der Waals surface area (Å²) in [6, 6.07) is 5.10. The van der Waals surface area contributed by atoms with E-state index in [0.717, 1.165) is 27.3 Å². The zero-order chi connectivity index (χ0) is 13.4. The fourth-order valence-electron chi connectivity index (χ4n) is 2.15. The van der Waals surface area contributed by atoms with Crippen LogP contribution in [0.2, 0.25) is 5.02 Å². The molecule has 0 saturated carbocycles. The fraction of sp³-hybridized carbons (Fsp3) is 0.333. The number of ether oxygens (including phenoxy) is 1. The quantitative estimate of drug-likeness (QED) is 0.476. The zero-order valence-electron chi connectivity index (χ0n) is 9.97. The van der Waals surface area contributed by atoms with Gasteiger partial charge in [0.15, 0.2) is 0 Å². The Bertz CT molecular complexity index is 637. The average Bonchev–Trinajstić information content (AvgIpc) is 2.85. The van der Waals surface area contributed by atoms with E-state index in [-0.39, 0.29) is 25.1 Å². The third-order valence-electron chi connectivity index (χ3n) is 3.12. The van der Waals surface area contributed by atoms with Crippen molar-refractivity contribution in [2.45, 2.75) is 0 Å². The van der Waals surface area contributed by atoms with Crippen molar-refractivity contribution in [1.29, 1.82) is 0 Å². The molecule has 0 unspecified atom stereocenters. The Labute approximate surface area is 120 Å². The number of nitro benzene ring substituents is 1. The first-order valence-electron chi connectivity index (χ1n) is 5.86. The van der Waals surface area contributed by atoms with Crippen LogP contribution < -0.4 is 4.90 Å². The van der Waals surface area contributed by atoms with Crippen LogP contribution in [0.4, 0.5) is 10.2 Å². The number of non-ortho nitro benzene ring substituents is 1. The Hall–Kier alpha value is -1.07. The van der Waals surface area contributed by atoms with Crippen LogP contribution in [0.1, 0.15) is 0 Å². The molecule has 19 heavy (non-hydrogen) atoms. The molecule has 0 aliphatic carbocycles. The Kier molecular flexibility index (Phi) is 3.50. The monoisotopic (exact) mass is 346 g/mol. The average molecular weight is 346 g/mol. The fourth-order valence-corrected chi connectivity index (χ4v) is 5.05. The summed E-state index contributed by atoms with van der Waals surface area (Å²) in [5, 5.41) is 12.5. The molecule has 1 aliphatic rings. The van der Waals surface area contributed by atoms with Gasteiger partial charge in [0.2, 0.25) is 0 Å². The molecule has 1 fully saturated rings. The van der Waals surface area contributed by atoms with Crippen molar-refractivity contribution in [2.24, 2.45) is 0 Å². The molecule has 1 aromatic heterocycles. The van der Waals surface area contributed by atoms with E-state index >= 15 is 0 Å². The molecule has 7 heteroatoms. The van der Waals surface area contributed by atoms with Gasteiger partial charge in [0.1, 0.15) is 0 Å². The standard InChI is InChI=1S/C12H11ClN2O3Se/c13-9-1-2-10(15(16)17)12-8(9)7-11(19-12)14-3-5-18-6-4-14/h1-2,7H,3-6H2. The number of halogens is 1. The van der Waals surface area contributed by atoms with E-state index in [1.54, 1.807) is 6.07 Å². The third kappa shape index (κ3) is 2.37. The predicted molar refractivity (Wildman–Crippen MR) is 75.6 cm³/mol. The van der Waals surface area contributed by atoms with Gasteiger partial charge >= 0.3 is 120 Å². The van der Waals surface area contributed by atoms with Crippen LogP contribution in [-0.2, 0) is 4.74 Å². The summed E-state index contributed by atoms with van der Waals surface area (Å²) in [7, 11) is 0. The van der Waals surface area contributed by atoms with Crippen LogP contribution in [-0.4, -0.2) is 45.7 Å². The molecular formula is C12H11ClN2O3Se. The second kappa shape index (κ2) is 5.13. The summed E-state index contributed by atoms with van der Waals surface area (Å²) in [6.45, 7) is 3.10. The number of rotatable bonds is 2. The van der Waals surface area contributed by atoms with Gasteiger partial charge in [0.25, 0.3) is 0 Å². The van der Waals surface area contributed by atoms with Crippen molar-refractivity contribution < 1.29 is 9.66 Å². The van der Waals surface area contributed by atoms with E-state index < -0.39 is 0 Å². The molecule has 1 aromatic carbocycles. The van der Waals surface area contributed by atoms with Gasteiger partial charge in [-0.3, -0.25) is 0 Å². The SMILES string of the molecule is O=[N+]([O-])c1ccc(Cl)c2cc(N3CCOCC3)[se]c12. The Morgan fingerprint density at radius 2 is 2.11 bits per heavy atom. The molecule has 2 aromatic rings. The molecule has 2 heterocycles. The van der Waals surface area contributed by atoms with Crippen molar-refractivity contribution in [3.63, 3.8) is 0 Å².